The third kappa shape index (κ3) is 4.82. The number of hydrogen-bond donors (Lipinski definition) is 1. The topological polar surface area (TPSA) is 76.1 Å². The Morgan fingerprint density at radius 3 is 2.60 bits per heavy atom. The number of phenols is 1. The molecular formula is C15H10ClF3N3O2S+. The van der Waals surface area contributed by atoms with Crippen molar-refractivity contribution in [3.63, 3.8) is 0 Å². The van der Waals surface area contributed by atoms with Gasteiger partial charge < -0.3 is 5.11 Å². The summed E-state index contributed by atoms with van der Waals surface area (Å²) in [5.41, 5.74) is -1.16. The quantitative estimate of drug-likeness (QED) is 0.444. The minimum atomic E-state index is -4.53. The summed E-state index contributed by atoms with van der Waals surface area (Å²) in [4.78, 5) is 15.6. The lowest BCUT2D eigenvalue weighted by atomic mass is 10.2. The van der Waals surface area contributed by atoms with Crippen molar-refractivity contribution in [2.45, 2.75) is 11.1 Å². The van der Waals surface area contributed by atoms with Gasteiger partial charge >= 0.3 is 12.1 Å². The van der Waals surface area contributed by atoms with Gasteiger partial charge in [0.1, 0.15) is 5.75 Å². The normalized spacial score (nSPS) is 10.9. The van der Waals surface area contributed by atoms with Crippen LogP contribution in [0.3, 0.4) is 0 Å². The highest BCUT2D eigenvalue weighted by Crippen LogP contribution is 2.35. The Balaban J connectivity index is 2.36. The molecule has 1 amide bonds. The van der Waals surface area contributed by atoms with Crippen molar-refractivity contribution in [3.8, 4) is 5.75 Å². The molecule has 0 saturated heterocycles. The van der Waals surface area contributed by atoms with Gasteiger partial charge in [-0.3, -0.25) is 4.79 Å². The molecular weight excluding hydrogens is 379 g/mol. The van der Waals surface area contributed by atoms with E-state index < -0.39 is 17.6 Å². The molecule has 0 saturated carbocycles. The summed E-state index contributed by atoms with van der Waals surface area (Å²) < 4.78 is 38.3. The minimum absolute atomic E-state index is 0.0748. The molecule has 2 rings (SSSR count). The Morgan fingerprint density at radius 2 is 1.96 bits per heavy atom. The van der Waals surface area contributed by atoms with Crippen LogP contribution in [-0.2, 0) is 6.18 Å². The van der Waals surface area contributed by atoms with Gasteiger partial charge in [-0.15, -0.1) is 11.8 Å². The summed E-state index contributed by atoms with van der Waals surface area (Å²) in [6, 6.07) is 6.77. The van der Waals surface area contributed by atoms with E-state index in [9.17, 15) is 23.1 Å². The standard InChI is InChI=1S/C15H9ClF3N3O2S/c1-25-13-5-2-8(15(17,18)19)6-11(13)20-22-21-14(24)10-7-9(16)3-4-12(10)23/h2-7H,1H3/p+1. The maximum atomic E-state index is 12.8. The molecule has 0 aliphatic carbocycles. The average Bonchev–Trinajstić information content (AvgIpc) is 2.56. The van der Waals surface area contributed by atoms with Crippen LogP contribution in [0.2, 0.25) is 5.02 Å². The molecule has 0 aromatic heterocycles. The summed E-state index contributed by atoms with van der Waals surface area (Å²) in [5.74, 6) is -1.28. The molecule has 2 aromatic rings. The first-order valence-electron chi connectivity index (χ1n) is 6.62. The van der Waals surface area contributed by atoms with E-state index in [-0.39, 0.29) is 22.0 Å². The van der Waals surface area contributed by atoms with Gasteiger partial charge in [0.15, 0.2) is 10.8 Å². The van der Waals surface area contributed by atoms with Gasteiger partial charge in [0.2, 0.25) is 10.0 Å². The van der Waals surface area contributed by atoms with E-state index >= 15 is 0 Å². The lowest BCUT2D eigenvalue weighted by Crippen LogP contribution is -2.04. The summed E-state index contributed by atoms with van der Waals surface area (Å²) in [5, 5.41) is 16.6. The molecule has 10 heteroatoms. The predicted molar refractivity (Wildman–Crippen MR) is 87.3 cm³/mol. The van der Waals surface area contributed by atoms with E-state index in [1.807, 2.05) is 0 Å². The van der Waals surface area contributed by atoms with Crippen LogP contribution in [0.5, 0.6) is 5.75 Å². The Bertz CT molecular complexity index is 881. The van der Waals surface area contributed by atoms with Crippen LogP contribution in [0.15, 0.2) is 51.5 Å². The third-order valence-electron chi connectivity index (χ3n) is 2.98. The first kappa shape index (κ1) is 19.0. The molecule has 25 heavy (non-hydrogen) atoms. The van der Waals surface area contributed by atoms with Crippen molar-refractivity contribution in [2.75, 3.05) is 6.26 Å². The number of aromatic hydroxyl groups is 1. The molecule has 0 spiro atoms. The smallest absolute Gasteiger partial charge is 0.416 e. The molecule has 1 N–H and O–H groups in total. The van der Waals surface area contributed by atoms with Crippen LogP contribution >= 0.6 is 23.4 Å². The molecule has 0 bridgehead atoms. The van der Waals surface area contributed by atoms with Crippen molar-refractivity contribution < 1.29 is 23.1 Å². The molecule has 0 aliphatic heterocycles. The highest BCUT2D eigenvalue weighted by Gasteiger charge is 2.31. The largest absolute Gasteiger partial charge is 0.507 e. The van der Waals surface area contributed by atoms with Crippen LogP contribution < -0.4 is 4.91 Å². The number of carbonyl (C=O) groups excluding carboxylic acids is 1. The number of phenolic OH excluding ortho intramolecular Hbond substituents is 1. The minimum Gasteiger partial charge on any atom is -0.507 e. The van der Waals surface area contributed by atoms with E-state index in [0.717, 1.165) is 12.1 Å². The maximum absolute atomic E-state index is 12.8. The zero-order chi connectivity index (χ0) is 18.6. The molecule has 0 unspecified atom stereocenters. The third-order valence-corrected chi connectivity index (χ3v) is 4.00. The lowest BCUT2D eigenvalue weighted by molar-refractivity contribution is -0.137. The monoisotopic (exact) mass is 388 g/mol. The Labute approximate surface area is 149 Å². The van der Waals surface area contributed by atoms with Crippen molar-refractivity contribution in [2.24, 2.45) is 10.2 Å². The predicted octanol–water partition coefficient (Wildman–Crippen LogP) is 5.23. The number of rotatable bonds is 3. The molecule has 0 radical (unpaired) electrons. The molecule has 130 valence electrons. The van der Waals surface area contributed by atoms with Crippen LogP contribution in [0, 0.1) is 0 Å². The number of halogens is 4. The van der Waals surface area contributed by atoms with E-state index in [1.54, 1.807) is 6.26 Å². The van der Waals surface area contributed by atoms with E-state index in [2.05, 4.69) is 15.1 Å². The van der Waals surface area contributed by atoms with Gasteiger partial charge in [0, 0.05) is 9.92 Å². The number of nitrogens with zero attached hydrogens (tertiary/aromatic N) is 3. The Hall–Kier alpha value is -2.35. The molecule has 0 aliphatic rings. The number of thioether (sulfide) groups is 1. The molecule has 0 atom stereocenters. The van der Waals surface area contributed by atoms with Crippen molar-refractivity contribution in [3.05, 3.63) is 52.5 Å². The number of alkyl halides is 3. The summed E-state index contributed by atoms with van der Waals surface area (Å²) >= 11 is 6.89. The first-order chi connectivity index (χ1) is 11.7. The van der Waals surface area contributed by atoms with E-state index in [1.165, 1.54) is 36.0 Å². The molecule has 2 aromatic carbocycles. The van der Waals surface area contributed by atoms with Gasteiger partial charge in [-0.2, -0.15) is 13.2 Å². The fourth-order valence-corrected chi connectivity index (χ4v) is 2.47. The summed E-state index contributed by atoms with van der Waals surface area (Å²) in [7, 11) is 0. The molecule has 0 fully saturated rings. The number of amides is 1. The van der Waals surface area contributed by atoms with Crippen LogP contribution in [0.25, 0.3) is 0 Å². The number of hydrogen-bond acceptors (Lipinski definition) is 4. The van der Waals surface area contributed by atoms with E-state index in [0.29, 0.717) is 4.90 Å². The summed E-state index contributed by atoms with van der Waals surface area (Å²) in [6.07, 6.45) is -2.87. The highest BCUT2D eigenvalue weighted by atomic mass is 35.5. The van der Waals surface area contributed by atoms with Crippen LogP contribution in [0.4, 0.5) is 18.9 Å². The van der Waals surface area contributed by atoms with Crippen molar-refractivity contribution in [1.29, 1.82) is 0 Å². The Morgan fingerprint density at radius 1 is 1.24 bits per heavy atom. The SMILES string of the molecule is CSc1ccc(C(F)(F)F)cc1N=[N+]=NC(=O)c1cc(Cl)ccc1O. The fourth-order valence-electron chi connectivity index (χ4n) is 1.79. The van der Waals surface area contributed by atoms with Gasteiger partial charge in [0.25, 0.3) is 0 Å². The number of benzene rings is 2. The van der Waals surface area contributed by atoms with Gasteiger partial charge in [-0.1, -0.05) is 11.6 Å². The molecule has 5 nitrogen and oxygen atoms in total. The fraction of sp³-hybridized carbons (Fsp3) is 0.133. The van der Waals surface area contributed by atoms with Gasteiger partial charge in [-0.25, -0.2) is 0 Å². The van der Waals surface area contributed by atoms with Gasteiger partial charge in [0.05, 0.1) is 11.1 Å². The zero-order valence-corrected chi connectivity index (χ0v) is 14.2. The Kier molecular flexibility index (Phi) is 5.84. The van der Waals surface area contributed by atoms with Crippen LogP contribution in [0.1, 0.15) is 15.9 Å². The first-order valence-corrected chi connectivity index (χ1v) is 8.22. The second-order valence-electron chi connectivity index (χ2n) is 4.64. The van der Waals surface area contributed by atoms with E-state index in [4.69, 9.17) is 11.6 Å². The maximum Gasteiger partial charge on any atom is 0.416 e. The van der Waals surface area contributed by atoms with Gasteiger partial charge in [-0.05, 0) is 42.7 Å². The van der Waals surface area contributed by atoms with Crippen LogP contribution in [-0.4, -0.2) is 17.3 Å². The number of carbonyl (C=O) groups is 1. The second kappa shape index (κ2) is 7.69. The average molecular weight is 389 g/mol. The summed E-state index contributed by atoms with van der Waals surface area (Å²) in [6.45, 7) is 0. The van der Waals surface area contributed by atoms with Crippen molar-refractivity contribution >= 4 is 35.0 Å². The van der Waals surface area contributed by atoms with Crippen molar-refractivity contribution in [1.82, 2.24) is 4.91 Å². The second-order valence-corrected chi connectivity index (χ2v) is 5.92. The lowest BCUT2D eigenvalue weighted by Gasteiger charge is -2.07. The zero-order valence-electron chi connectivity index (χ0n) is 12.6. The molecule has 0 heterocycles. The highest BCUT2D eigenvalue weighted by molar-refractivity contribution is 7.98.